The summed E-state index contributed by atoms with van der Waals surface area (Å²) in [6.45, 7) is 3.47. The summed E-state index contributed by atoms with van der Waals surface area (Å²) in [4.78, 5) is 24.8. The zero-order chi connectivity index (χ0) is 17.9. The van der Waals surface area contributed by atoms with Gasteiger partial charge in [0.15, 0.2) is 5.78 Å². The fourth-order valence-electron chi connectivity index (χ4n) is 2.96. The summed E-state index contributed by atoms with van der Waals surface area (Å²) >= 11 is 0. The third kappa shape index (κ3) is 3.98. The van der Waals surface area contributed by atoms with E-state index >= 15 is 0 Å². The van der Waals surface area contributed by atoms with E-state index in [2.05, 4.69) is 22.3 Å². The molecule has 24 heavy (non-hydrogen) atoms. The van der Waals surface area contributed by atoms with Crippen molar-refractivity contribution in [2.45, 2.75) is 45.3 Å². The number of rotatable bonds is 4. The quantitative estimate of drug-likeness (QED) is 0.397. The predicted molar refractivity (Wildman–Crippen MR) is 84.5 cm³/mol. The van der Waals surface area contributed by atoms with Crippen LogP contribution in [0, 0.1) is 17.8 Å². The van der Waals surface area contributed by atoms with Crippen LogP contribution in [0.5, 0.6) is 5.75 Å². The van der Waals surface area contributed by atoms with Crippen molar-refractivity contribution in [2.75, 3.05) is 0 Å². The minimum Gasteiger partial charge on any atom is -0.420 e. The van der Waals surface area contributed by atoms with E-state index in [-0.39, 0.29) is 35.2 Å². The minimum absolute atomic E-state index is 0.120. The van der Waals surface area contributed by atoms with Crippen molar-refractivity contribution in [2.24, 2.45) is 11.7 Å². The summed E-state index contributed by atoms with van der Waals surface area (Å²) in [5.41, 5.74) is 5.21. The van der Waals surface area contributed by atoms with Crippen molar-refractivity contribution in [1.82, 2.24) is 0 Å². The Balaban J connectivity index is 2.52. The van der Waals surface area contributed by atoms with Gasteiger partial charge in [-0.15, -0.1) is 14.7 Å². The lowest BCUT2D eigenvalue weighted by Crippen LogP contribution is -2.37. The first-order valence-electron chi connectivity index (χ1n) is 7.75. The van der Waals surface area contributed by atoms with Crippen LogP contribution < -0.4 is 10.5 Å². The SMILES string of the molecule is CC#Cc1ccc(C2C(=O)CCC(CC)C2=O)c(OC(N)(F)F)c1. The number of nitrogens with two attached hydrogens (primary N) is 1. The second-order valence-electron chi connectivity index (χ2n) is 5.74. The van der Waals surface area contributed by atoms with E-state index in [9.17, 15) is 18.4 Å². The molecule has 0 saturated heterocycles. The normalized spacial score (nSPS) is 21.2. The lowest BCUT2D eigenvalue weighted by molar-refractivity contribution is -0.171. The fraction of sp³-hybridized carbons (Fsp3) is 0.444. The first-order valence-corrected chi connectivity index (χ1v) is 7.75. The van der Waals surface area contributed by atoms with E-state index in [0.29, 0.717) is 18.4 Å². The smallest absolute Gasteiger partial charge is 0.420 e. The van der Waals surface area contributed by atoms with Gasteiger partial charge in [0.2, 0.25) is 0 Å². The second-order valence-corrected chi connectivity index (χ2v) is 5.74. The maximum atomic E-state index is 13.2. The average Bonchev–Trinajstić information content (AvgIpc) is 2.48. The van der Waals surface area contributed by atoms with E-state index < -0.39 is 12.2 Å². The molecule has 1 fully saturated rings. The van der Waals surface area contributed by atoms with Crippen LogP contribution in [0.4, 0.5) is 8.78 Å². The van der Waals surface area contributed by atoms with Gasteiger partial charge in [0.1, 0.15) is 17.5 Å². The van der Waals surface area contributed by atoms with Crippen LogP contribution in [0.3, 0.4) is 0 Å². The van der Waals surface area contributed by atoms with Gasteiger partial charge in [0.25, 0.3) is 0 Å². The maximum Gasteiger partial charge on any atom is 0.466 e. The Morgan fingerprint density at radius 1 is 1.38 bits per heavy atom. The van der Waals surface area contributed by atoms with Gasteiger partial charge in [-0.2, -0.15) is 0 Å². The summed E-state index contributed by atoms with van der Waals surface area (Å²) < 4.78 is 30.8. The third-order valence-electron chi connectivity index (χ3n) is 4.08. The van der Waals surface area contributed by atoms with Gasteiger partial charge in [-0.05, 0) is 31.9 Å². The summed E-state index contributed by atoms with van der Waals surface area (Å²) in [5.74, 6) is 3.19. The number of ether oxygens (including phenoxy) is 1. The Morgan fingerprint density at radius 3 is 2.67 bits per heavy atom. The van der Waals surface area contributed by atoms with E-state index in [0.717, 1.165) is 0 Å². The Labute approximate surface area is 139 Å². The molecule has 0 radical (unpaired) electrons. The van der Waals surface area contributed by atoms with Crippen LogP contribution >= 0.6 is 0 Å². The number of ketones is 2. The highest BCUT2D eigenvalue weighted by Crippen LogP contribution is 2.38. The largest absolute Gasteiger partial charge is 0.466 e. The summed E-state index contributed by atoms with van der Waals surface area (Å²) in [7, 11) is 0. The van der Waals surface area contributed by atoms with Crippen molar-refractivity contribution < 1.29 is 23.1 Å². The number of benzene rings is 1. The highest BCUT2D eigenvalue weighted by atomic mass is 19.3. The summed E-state index contributed by atoms with van der Waals surface area (Å²) in [6, 6.07) is 4.30. The molecular formula is C18H19F2NO3. The van der Waals surface area contributed by atoms with Crippen molar-refractivity contribution >= 4 is 11.6 Å². The zero-order valence-corrected chi connectivity index (χ0v) is 13.6. The Morgan fingerprint density at radius 2 is 2.08 bits per heavy atom. The number of halogens is 2. The van der Waals surface area contributed by atoms with Gasteiger partial charge in [-0.25, -0.2) is 5.73 Å². The lowest BCUT2D eigenvalue weighted by atomic mass is 9.74. The highest BCUT2D eigenvalue weighted by Gasteiger charge is 2.39. The van der Waals surface area contributed by atoms with Gasteiger partial charge in [-0.1, -0.05) is 18.9 Å². The molecule has 0 bridgehead atoms. The van der Waals surface area contributed by atoms with Crippen LogP contribution in [-0.4, -0.2) is 17.8 Å². The van der Waals surface area contributed by atoms with Crippen molar-refractivity contribution in [3.05, 3.63) is 29.3 Å². The number of Topliss-reactive ketones (excluding diaryl/α,β-unsaturated/α-hetero) is 2. The fourth-order valence-corrected chi connectivity index (χ4v) is 2.96. The second kappa shape index (κ2) is 7.10. The summed E-state index contributed by atoms with van der Waals surface area (Å²) in [5, 5.41) is 0. The molecule has 0 aromatic heterocycles. The van der Waals surface area contributed by atoms with E-state index in [1.165, 1.54) is 12.1 Å². The first-order chi connectivity index (χ1) is 11.3. The van der Waals surface area contributed by atoms with E-state index in [1.807, 2.05) is 6.92 Å². The van der Waals surface area contributed by atoms with Gasteiger partial charge in [0.05, 0.1) is 0 Å². The molecule has 6 heteroatoms. The molecule has 2 N–H and O–H groups in total. The molecule has 1 saturated carbocycles. The molecule has 1 aromatic rings. The number of carbonyl (C=O) groups excluding carboxylic acids is 2. The van der Waals surface area contributed by atoms with Crippen LogP contribution in [0.1, 0.15) is 50.2 Å². The molecule has 2 atom stereocenters. The zero-order valence-electron chi connectivity index (χ0n) is 13.6. The van der Waals surface area contributed by atoms with Crippen molar-refractivity contribution in [1.29, 1.82) is 0 Å². The molecule has 1 aromatic carbocycles. The van der Waals surface area contributed by atoms with Crippen LogP contribution in [0.25, 0.3) is 0 Å². The van der Waals surface area contributed by atoms with Gasteiger partial charge < -0.3 is 4.74 Å². The lowest BCUT2D eigenvalue weighted by Gasteiger charge is -2.28. The minimum atomic E-state index is -3.92. The number of hydrogen-bond acceptors (Lipinski definition) is 4. The maximum absolute atomic E-state index is 13.2. The molecule has 2 unspecified atom stereocenters. The molecule has 128 valence electrons. The van der Waals surface area contributed by atoms with E-state index in [4.69, 9.17) is 0 Å². The first kappa shape index (κ1) is 18.1. The van der Waals surface area contributed by atoms with Crippen LogP contribution in [0.2, 0.25) is 0 Å². The molecule has 1 aliphatic rings. The summed E-state index contributed by atoms with van der Waals surface area (Å²) in [6.07, 6.45) is -2.58. The number of alkyl halides is 2. The molecule has 0 aliphatic heterocycles. The molecule has 2 rings (SSSR count). The Bertz CT molecular complexity index is 713. The Kier molecular flexibility index (Phi) is 5.35. The van der Waals surface area contributed by atoms with E-state index in [1.54, 1.807) is 13.0 Å². The molecule has 0 spiro atoms. The standard InChI is InChI=1S/C18H19F2NO3/c1-3-5-11-6-8-13(15(10-11)24-18(19,20)21)16-14(22)9-7-12(4-2)17(16)23/h6,8,10,12,16H,4,7,9,21H2,1-2H3. The molecule has 0 heterocycles. The monoisotopic (exact) mass is 335 g/mol. The number of carbonyl (C=O) groups is 2. The van der Waals surface area contributed by atoms with Crippen LogP contribution in [-0.2, 0) is 9.59 Å². The predicted octanol–water partition coefficient (Wildman–Crippen LogP) is 2.99. The van der Waals surface area contributed by atoms with Gasteiger partial charge in [-0.3, -0.25) is 9.59 Å². The van der Waals surface area contributed by atoms with Crippen molar-refractivity contribution in [3.8, 4) is 17.6 Å². The topological polar surface area (TPSA) is 69.4 Å². The third-order valence-corrected chi connectivity index (χ3v) is 4.08. The van der Waals surface area contributed by atoms with Crippen molar-refractivity contribution in [3.63, 3.8) is 0 Å². The molecule has 4 nitrogen and oxygen atoms in total. The molecule has 1 aliphatic carbocycles. The van der Waals surface area contributed by atoms with Gasteiger partial charge in [0, 0.05) is 23.5 Å². The van der Waals surface area contributed by atoms with Gasteiger partial charge >= 0.3 is 6.23 Å². The number of hydrogen-bond donors (Lipinski definition) is 1. The Hall–Kier alpha value is -2.26. The molecule has 0 amide bonds. The average molecular weight is 335 g/mol. The highest BCUT2D eigenvalue weighted by molar-refractivity contribution is 6.10. The van der Waals surface area contributed by atoms with Crippen LogP contribution in [0.15, 0.2) is 18.2 Å². The molecular weight excluding hydrogens is 316 g/mol.